The van der Waals surface area contributed by atoms with Gasteiger partial charge in [0.2, 0.25) is 0 Å². The lowest BCUT2D eigenvalue weighted by atomic mass is 9.80. The Hall–Kier alpha value is -10.4. The van der Waals surface area contributed by atoms with E-state index in [0.29, 0.717) is 102 Å². The molecule has 0 bridgehead atoms. The standard InChI is InChI=1S/C100H102N6O20S2/c1-97(2,51-101(35-63-43-115-63)36-64-44-116-64)55-13-21-59(22-14-55)123-75-31-71-81-72(92(108)105(91(71)107)89(95(111)112)79-11-9-29-127-79)33-77(125-61-25-17-57(18-26-61)99(5,6)53-103(39-67-47-119-67)40-68-48-120-68)85-86-78(126-62-27-19-58(20-28-62)100(7,8)54-104(41-69-49-121-69)42-70-50-122-70)34-74-82-73(93(109)106(94(74)110)90(96(113)114)80-12-10-30-128-80)32-76(84(88(82)86)83(75)87(81)85)124-60-23-15-56(16-24-60)98(3,4)52-102(37-65-45-117-65)38-66-46-118-66/h9-34,63-70,89-90H,35-54H2,1-8H3,(H,111,112)(H,113,114). The second-order valence-electron chi connectivity index (χ2n) is 38.6. The first-order chi connectivity index (χ1) is 61.6. The normalized spacial score (nSPS) is 22.0. The zero-order chi connectivity index (χ0) is 88.1. The van der Waals surface area contributed by atoms with Gasteiger partial charge >= 0.3 is 11.9 Å². The van der Waals surface area contributed by atoms with Crippen molar-refractivity contribution in [3.8, 4) is 46.0 Å². The maximum Gasteiger partial charge on any atom is 0.332 e. The molecule has 0 spiro atoms. The number of nitrogens with zero attached hydrogens (tertiary/aromatic N) is 6. The molecule has 0 saturated carbocycles. The second-order valence-corrected chi connectivity index (χ2v) is 40.6. The number of imide groups is 2. The predicted octanol–water partition coefficient (Wildman–Crippen LogP) is 15.4. The molecule has 2 aromatic heterocycles. The van der Waals surface area contributed by atoms with Crippen molar-refractivity contribution in [1.82, 2.24) is 29.4 Å². The highest BCUT2D eigenvalue weighted by molar-refractivity contribution is 7.10. The van der Waals surface area contributed by atoms with E-state index in [2.05, 4.69) is 75.0 Å². The predicted molar refractivity (Wildman–Crippen MR) is 480 cm³/mol. The highest BCUT2D eigenvalue weighted by atomic mass is 32.1. The quantitative estimate of drug-likeness (QED) is 0.0155. The zero-order valence-corrected chi connectivity index (χ0v) is 74.3. The van der Waals surface area contributed by atoms with Gasteiger partial charge in [0.1, 0.15) is 46.0 Å². The highest BCUT2D eigenvalue weighted by Crippen LogP contribution is 2.59. The molecule has 10 unspecified atom stereocenters. The number of carboxylic acids is 2. The number of hydrogen-bond donors (Lipinski definition) is 2. The molecule has 10 atom stereocenters. The van der Waals surface area contributed by atoms with Gasteiger partial charge in [0, 0.05) is 153 Å². The van der Waals surface area contributed by atoms with E-state index in [1.54, 1.807) is 35.0 Å². The van der Waals surface area contributed by atoms with Gasteiger partial charge in [-0.1, -0.05) is 116 Å². The number of ether oxygens (including phenoxy) is 12. The lowest BCUT2D eigenvalue weighted by molar-refractivity contribution is -0.142. The minimum atomic E-state index is -1.82. The number of benzene rings is 9. The number of carbonyl (C=O) groups excluding carboxylic acids is 4. The van der Waals surface area contributed by atoms with E-state index in [4.69, 9.17) is 56.8 Å². The number of rotatable bonds is 42. The van der Waals surface area contributed by atoms with E-state index < -0.39 is 69.3 Å². The maximum atomic E-state index is 16.6. The van der Waals surface area contributed by atoms with Gasteiger partial charge in [-0.2, -0.15) is 0 Å². The van der Waals surface area contributed by atoms with Crippen molar-refractivity contribution in [3.63, 3.8) is 0 Å². The van der Waals surface area contributed by atoms with Crippen molar-refractivity contribution in [2.24, 2.45) is 0 Å². The molecule has 21 rings (SSSR count). The van der Waals surface area contributed by atoms with E-state index in [9.17, 15) is 19.8 Å². The van der Waals surface area contributed by atoms with E-state index >= 15 is 19.2 Å². The van der Waals surface area contributed by atoms with Crippen LogP contribution in [0.1, 0.15) is 141 Å². The lowest BCUT2D eigenvalue weighted by Gasteiger charge is -2.35. The fraction of sp³-hybridized carbons (Fsp3) is 0.420. The molecule has 28 heteroatoms. The van der Waals surface area contributed by atoms with Crippen LogP contribution in [0.5, 0.6) is 46.0 Å². The molecule has 4 amide bonds. The minimum absolute atomic E-state index is 0.00926. The Morgan fingerprint density at radius 2 is 0.539 bits per heavy atom. The number of amides is 4. The fourth-order valence-electron chi connectivity index (χ4n) is 19.5. The molecule has 10 aliphatic rings. The molecule has 8 fully saturated rings. The molecule has 664 valence electrons. The van der Waals surface area contributed by atoms with Crippen LogP contribution >= 0.6 is 22.7 Å². The topological polar surface area (TPSA) is 299 Å². The molecule has 128 heavy (non-hydrogen) atoms. The van der Waals surface area contributed by atoms with E-state index in [1.807, 2.05) is 97.1 Å². The number of fused-ring (bicyclic) bond motifs is 2. The summed E-state index contributed by atoms with van der Waals surface area (Å²) in [7, 11) is 0. The molecule has 26 nitrogen and oxygen atoms in total. The van der Waals surface area contributed by atoms with Crippen molar-refractivity contribution in [2.45, 2.75) is 138 Å². The second kappa shape index (κ2) is 32.9. The zero-order valence-electron chi connectivity index (χ0n) is 72.7. The molecule has 8 saturated heterocycles. The molecule has 0 aliphatic carbocycles. The van der Waals surface area contributed by atoms with Crippen LogP contribution in [0, 0.1) is 0 Å². The Morgan fingerprint density at radius 1 is 0.336 bits per heavy atom. The third kappa shape index (κ3) is 17.4. The van der Waals surface area contributed by atoms with Crippen LogP contribution in [-0.4, -0.2) is 255 Å². The summed E-state index contributed by atoms with van der Waals surface area (Å²) in [6, 6.07) is 39.9. The molecule has 9 aromatic carbocycles. The maximum absolute atomic E-state index is 16.6. The molecule has 10 aliphatic heterocycles. The Morgan fingerprint density at radius 3 is 0.711 bits per heavy atom. The monoisotopic (exact) mass is 1770 g/mol. The van der Waals surface area contributed by atoms with Crippen LogP contribution in [0.25, 0.3) is 43.1 Å². The van der Waals surface area contributed by atoms with Gasteiger partial charge in [-0.05, 0) is 118 Å². The largest absolute Gasteiger partial charge is 0.479 e. The highest BCUT2D eigenvalue weighted by Gasteiger charge is 2.49. The van der Waals surface area contributed by atoms with Crippen LogP contribution < -0.4 is 18.9 Å². The number of aliphatic carboxylic acids is 2. The summed E-state index contributed by atoms with van der Waals surface area (Å²) >= 11 is 2.17. The Balaban J connectivity index is 0.813. The molecule has 0 radical (unpaired) electrons. The average molecular weight is 1770 g/mol. The summed E-state index contributed by atoms with van der Waals surface area (Å²) < 4.78 is 76.1. The summed E-state index contributed by atoms with van der Waals surface area (Å²) in [5.74, 6) is -5.45. The summed E-state index contributed by atoms with van der Waals surface area (Å²) in [5.41, 5.74) is 1.78. The summed E-state index contributed by atoms with van der Waals surface area (Å²) in [4.78, 5) is 106. The third-order valence-corrected chi connectivity index (χ3v) is 28.3. The number of carboxylic acid groups (broad SMARTS) is 2. The van der Waals surface area contributed by atoms with Crippen LogP contribution in [0.2, 0.25) is 0 Å². The van der Waals surface area contributed by atoms with Crippen molar-refractivity contribution in [3.05, 3.63) is 211 Å². The van der Waals surface area contributed by atoms with E-state index in [1.165, 1.54) is 24.3 Å². The number of carbonyl (C=O) groups is 6. The number of thiophene rings is 2. The van der Waals surface area contributed by atoms with Gasteiger partial charge < -0.3 is 67.1 Å². The first kappa shape index (κ1) is 84.5. The van der Waals surface area contributed by atoms with E-state index in [-0.39, 0.29) is 147 Å². The van der Waals surface area contributed by atoms with Crippen LogP contribution in [0.4, 0.5) is 0 Å². The number of epoxide rings is 8. The van der Waals surface area contributed by atoms with Crippen LogP contribution in [0.3, 0.4) is 0 Å². The fourth-order valence-corrected chi connectivity index (χ4v) is 21.1. The van der Waals surface area contributed by atoms with Gasteiger partial charge in [0.15, 0.2) is 12.1 Å². The number of hydrogen-bond acceptors (Lipinski definition) is 24. The molecular formula is C100H102N6O20S2. The lowest BCUT2D eigenvalue weighted by Crippen LogP contribution is -2.45. The van der Waals surface area contributed by atoms with Gasteiger partial charge in [0.05, 0.1) is 124 Å². The molecule has 11 aromatic rings. The van der Waals surface area contributed by atoms with Crippen LogP contribution in [0.15, 0.2) is 156 Å². The Kier molecular flexibility index (Phi) is 21.7. The van der Waals surface area contributed by atoms with Gasteiger partial charge in [-0.25, -0.2) is 9.59 Å². The van der Waals surface area contributed by atoms with Crippen molar-refractivity contribution < 1.29 is 95.8 Å². The van der Waals surface area contributed by atoms with Crippen molar-refractivity contribution in [1.29, 1.82) is 0 Å². The van der Waals surface area contributed by atoms with E-state index in [0.717, 1.165) is 107 Å². The van der Waals surface area contributed by atoms with Crippen LogP contribution in [-0.2, 0) is 69.1 Å². The first-order valence-corrected chi connectivity index (χ1v) is 46.0. The third-order valence-electron chi connectivity index (χ3n) is 26.4. The summed E-state index contributed by atoms with van der Waals surface area (Å²) in [6.07, 6.45) is 1.11. The summed E-state index contributed by atoms with van der Waals surface area (Å²) in [6.45, 7) is 31.8. The van der Waals surface area contributed by atoms with Crippen molar-refractivity contribution >= 4 is 101 Å². The SMILES string of the molecule is CC(C)(CN(CC1CO1)CC1CO1)c1ccc(Oc2cc3c4c(cc(Oc5ccc(C(C)(C)CN(CC6CO6)CC6CO6)cc5)c5c6c(Oc7ccc(C(C)(C)CN(CC8CO8)CC8CO8)cc7)cc7c8c(cc(Oc9ccc(C(C)(C)CN(CC%10CO%10)CC%10CO%10)cc9)c(c2c45)c86)C(=O)N(C(C(=O)O)c2cccs2)C7=O)C(=O)N(C(C(=O)O)c2cccs2)C3=O)cc1. The summed E-state index contributed by atoms with van der Waals surface area (Å²) in [5, 5.41) is 27.9. The first-order valence-electron chi connectivity index (χ1n) is 44.2. The Bertz CT molecular complexity index is 5410. The smallest absolute Gasteiger partial charge is 0.332 e. The Labute approximate surface area is 748 Å². The molecule has 2 N–H and O–H groups in total. The van der Waals surface area contributed by atoms with Crippen molar-refractivity contribution in [2.75, 3.05) is 131 Å². The average Bonchev–Trinajstić information content (AvgIpc) is 1.44. The van der Waals surface area contributed by atoms with Gasteiger partial charge in [0.25, 0.3) is 23.6 Å². The molecular weight excluding hydrogens is 1670 g/mol. The molecule has 12 heterocycles. The van der Waals surface area contributed by atoms with Gasteiger partial charge in [-0.3, -0.25) is 48.6 Å². The minimum Gasteiger partial charge on any atom is -0.479 e. The van der Waals surface area contributed by atoms with Gasteiger partial charge in [-0.15, -0.1) is 22.7 Å².